The first-order valence-corrected chi connectivity index (χ1v) is 10.7. The molecule has 0 saturated heterocycles. The van der Waals surface area contributed by atoms with E-state index in [0.29, 0.717) is 19.4 Å². The molecule has 32 heavy (non-hydrogen) atoms. The Bertz CT molecular complexity index is 663. The van der Waals surface area contributed by atoms with Gasteiger partial charge in [0.15, 0.2) is 6.04 Å². The summed E-state index contributed by atoms with van der Waals surface area (Å²) < 4.78 is 0. The Hall–Kier alpha value is -2.42. The number of carbonyl (C=O) groups excluding carboxylic acids is 3. The van der Waals surface area contributed by atoms with E-state index in [2.05, 4.69) is 28.6 Å². The molecule has 13 nitrogen and oxygen atoms in total. The van der Waals surface area contributed by atoms with Crippen LogP contribution < -0.4 is 27.4 Å². The maximum atomic E-state index is 12.6. The van der Waals surface area contributed by atoms with E-state index in [9.17, 15) is 29.1 Å². The van der Waals surface area contributed by atoms with Gasteiger partial charge in [-0.25, -0.2) is 4.79 Å². The van der Waals surface area contributed by atoms with Crippen LogP contribution in [0.2, 0.25) is 0 Å². The van der Waals surface area contributed by atoms with Crippen molar-refractivity contribution in [1.29, 1.82) is 0 Å². The van der Waals surface area contributed by atoms with Crippen LogP contribution in [0, 0.1) is 0 Å². The van der Waals surface area contributed by atoms with E-state index in [1.165, 1.54) is 6.92 Å². The Morgan fingerprint density at radius 3 is 1.94 bits per heavy atom. The van der Waals surface area contributed by atoms with Crippen LogP contribution in [0.4, 0.5) is 0 Å². The van der Waals surface area contributed by atoms with E-state index >= 15 is 0 Å². The summed E-state index contributed by atoms with van der Waals surface area (Å²) >= 11 is 4.01. The SMILES string of the molecule is CC(O)C(NC(=O)C(CCCCN)NC(=O)C(CS)NC(=O)C(N)CCC(=O)O)C(=O)O. The number of carbonyl (C=O) groups is 5. The fourth-order valence-electron chi connectivity index (χ4n) is 2.56. The monoisotopic (exact) mass is 479 g/mol. The van der Waals surface area contributed by atoms with Crippen molar-refractivity contribution in [3.05, 3.63) is 0 Å². The number of unbranched alkanes of at least 4 members (excludes halogenated alkanes) is 1. The van der Waals surface area contributed by atoms with E-state index in [1.807, 2.05) is 0 Å². The average Bonchev–Trinajstić information content (AvgIpc) is 2.72. The molecule has 0 bridgehead atoms. The van der Waals surface area contributed by atoms with E-state index in [4.69, 9.17) is 21.7 Å². The van der Waals surface area contributed by atoms with Gasteiger partial charge in [0.05, 0.1) is 12.1 Å². The molecule has 5 unspecified atom stereocenters. The van der Waals surface area contributed by atoms with Gasteiger partial charge in [-0.05, 0) is 39.2 Å². The van der Waals surface area contributed by atoms with Crippen LogP contribution in [0.25, 0.3) is 0 Å². The molecule has 0 aliphatic carbocycles. The lowest BCUT2D eigenvalue weighted by atomic mass is 10.1. The molecule has 0 aliphatic heterocycles. The summed E-state index contributed by atoms with van der Waals surface area (Å²) in [6, 6.07) is -5.08. The zero-order valence-corrected chi connectivity index (χ0v) is 18.7. The van der Waals surface area contributed by atoms with Crippen LogP contribution in [-0.2, 0) is 24.0 Å². The van der Waals surface area contributed by atoms with Crippen LogP contribution in [0.3, 0.4) is 0 Å². The van der Waals surface area contributed by atoms with Gasteiger partial charge >= 0.3 is 11.9 Å². The molecule has 0 radical (unpaired) electrons. The number of aliphatic hydroxyl groups excluding tert-OH is 1. The first-order chi connectivity index (χ1) is 14.9. The Morgan fingerprint density at radius 2 is 1.47 bits per heavy atom. The molecule has 3 amide bonds. The molecule has 0 aliphatic rings. The first kappa shape index (κ1) is 29.6. The molecule has 0 rings (SSSR count). The number of nitrogens with one attached hydrogen (secondary N) is 3. The maximum Gasteiger partial charge on any atom is 0.328 e. The van der Waals surface area contributed by atoms with Crippen molar-refractivity contribution in [2.75, 3.05) is 12.3 Å². The quantitative estimate of drug-likeness (QED) is 0.0812. The highest BCUT2D eigenvalue weighted by Crippen LogP contribution is 2.05. The number of carboxylic acid groups (broad SMARTS) is 2. The third-order valence-electron chi connectivity index (χ3n) is 4.45. The van der Waals surface area contributed by atoms with Crippen molar-refractivity contribution in [2.24, 2.45) is 11.5 Å². The number of thiol groups is 1. The number of rotatable bonds is 16. The minimum atomic E-state index is -1.58. The maximum absolute atomic E-state index is 12.6. The summed E-state index contributed by atoms with van der Waals surface area (Å²) in [6.07, 6.45) is -0.727. The standard InChI is InChI=1S/C18H33N5O8S/c1-9(24)14(18(30)31)23-16(28)11(4-2-3-7-19)21-17(29)12(8-32)22-15(27)10(20)5-6-13(25)26/h9-12,14,24,32H,2-8,19-20H2,1H3,(H,21,29)(H,22,27)(H,23,28)(H,25,26)(H,30,31). The second kappa shape index (κ2) is 15.4. The number of aliphatic carboxylic acids is 2. The van der Waals surface area contributed by atoms with Crippen LogP contribution in [0.15, 0.2) is 0 Å². The summed E-state index contributed by atoms with van der Waals surface area (Å²) in [5.41, 5.74) is 11.1. The predicted molar refractivity (Wildman–Crippen MR) is 117 cm³/mol. The van der Waals surface area contributed by atoms with Gasteiger partial charge in [0.2, 0.25) is 17.7 Å². The van der Waals surface area contributed by atoms with Crippen molar-refractivity contribution >= 4 is 42.3 Å². The highest BCUT2D eigenvalue weighted by atomic mass is 32.1. The van der Waals surface area contributed by atoms with Gasteiger partial charge in [-0.1, -0.05) is 0 Å². The predicted octanol–water partition coefficient (Wildman–Crippen LogP) is -2.84. The van der Waals surface area contributed by atoms with E-state index in [1.54, 1.807) is 0 Å². The second-order valence-electron chi connectivity index (χ2n) is 7.19. The van der Waals surface area contributed by atoms with Crippen molar-refractivity contribution in [3.63, 3.8) is 0 Å². The van der Waals surface area contributed by atoms with E-state index < -0.39 is 59.9 Å². The van der Waals surface area contributed by atoms with Gasteiger partial charge in [-0.3, -0.25) is 19.2 Å². The van der Waals surface area contributed by atoms with E-state index in [-0.39, 0.29) is 25.0 Å². The van der Waals surface area contributed by atoms with E-state index in [0.717, 1.165) is 0 Å². The topological polar surface area (TPSA) is 234 Å². The summed E-state index contributed by atoms with van der Waals surface area (Å²) in [5.74, 6) is -5.08. The summed E-state index contributed by atoms with van der Waals surface area (Å²) in [5, 5.41) is 34.3. The highest BCUT2D eigenvalue weighted by molar-refractivity contribution is 7.80. The zero-order chi connectivity index (χ0) is 24.8. The van der Waals surface area contributed by atoms with Gasteiger partial charge in [0.1, 0.15) is 12.1 Å². The van der Waals surface area contributed by atoms with Gasteiger partial charge < -0.3 is 42.7 Å². The summed E-state index contributed by atoms with van der Waals surface area (Å²) in [6.45, 7) is 1.54. The summed E-state index contributed by atoms with van der Waals surface area (Å²) in [7, 11) is 0. The largest absolute Gasteiger partial charge is 0.481 e. The van der Waals surface area contributed by atoms with Gasteiger partial charge in [0.25, 0.3) is 0 Å². The molecule has 0 heterocycles. The molecule has 184 valence electrons. The lowest BCUT2D eigenvalue weighted by Crippen LogP contribution is -2.58. The number of nitrogens with two attached hydrogens (primary N) is 2. The lowest BCUT2D eigenvalue weighted by molar-refractivity contribution is -0.145. The molecule has 0 aromatic heterocycles. The fourth-order valence-corrected chi connectivity index (χ4v) is 2.82. The van der Waals surface area contributed by atoms with Crippen molar-refractivity contribution in [1.82, 2.24) is 16.0 Å². The second-order valence-corrected chi connectivity index (χ2v) is 7.56. The molecular weight excluding hydrogens is 446 g/mol. The lowest BCUT2D eigenvalue weighted by Gasteiger charge is -2.25. The molecule has 0 spiro atoms. The van der Waals surface area contributed by atoms with Crippen LogP contribution in [0.5, 0.6) is 0 Å². The van der Waals surface area contributed by atoms with Crippen molar-refractivity contribution in [3.8, 4) is 0 Å². The Morgan fingerprint density at radius 1 is 0.906 bits per heavy atom. The minimum absolute atomic E-state index is 0.131. The minimum Gasteiger partial charge on any atom is -0.481 e. The molecule has 0 saturated carbocycles. The molecule has 5 atom stereocenters. The van der Waals surface area contributed by atoms with Crippen LogP contribution in [-0.4, -0.2) is 87.5 Å². The third-order valence-corrected chi connectivity index (χ3v) is 4.81. The Labute approximate surface area is 191 Å². The summed E-state index contributed by atoms with van der Waals surface area (Å²) in [4.78, 5) is 59.2. The van der Waals surface area contributed by atoms with Crippen LogP contribution >= 0.6 is 12.6 Å². The number of carboxylic acids is 2. The molecule has 0 aromatic carbocycles. The van der Waals surface area contributed by atoms with Gasteiger partial charge in [0, 0.05) is 12.2 Å². The number of hydrogen-bond donors (Lipinski definition) is 9. The highest BCUT2D eigenvalue weighted by Gasteiger charge is 2.31. The number of amides is 3. The van der Waals surface area contributed by atoms with Crippen molar-refractivity contribution in [2.45, 2.75) is 69.3 Å². The fraction of sp³-hybridized carbons (Fsp3) is 0.722. The van der Waals surface area contributed by atoms with Gasteiger partial charge in [-0.15, -0.1) is 0 Å². The smallest absolute Gasteiger partial charge is 0.328 e. The number of hydrogen-bond acceptors (Lipinski definition) is 9. The zero-order valence-electron chi connectivity index (χ0n) is 17.8. The Balaban J connectivity index is 5.22. The van der Waals surface area contributed by atoms with Crippen LogP contribution in [0.1, 0.15) is 39.0 Å². The number of aliphatic hydroxyl groups is 1. The first-order valence-electron chi connectivity index (χ1n) is 10.0. The third kappa shape index (κ3) is 11.3. The Kier molecular flexibility index (Phi) is 14.2. The van der Waals surface area contributed by atoms with Gasteiger partial charge in [-0.2, -0.15) is 12.6 Å². The molecule has 0 fully saturated rings. The molecule has 14 heteroatoms. The molecular formula is C18H33N5O8S. The molecule has 10 N–H and O–H groups in total. The normalized spacial score (nSPS) is 15.5. The van der Waals surface area contributed by atoms with Crippen molar-refractivity contribution < 1.29 is 39.3 Å². The molecule has 0 aromatic rings. The average molecular weight is 480 g/mol.